The second-order valence-electron chi connectivity index (χ2n) is 11.2. The average molecular weight is 613 g/mol. The second-order valence-corrected chi connectivity index (χ2v) is 12.8. The van der Waals surface area contributed by atoms with Crippen LogP contribution in [0.15, 0.2) is 59.6 Å². The van der Waals surface area contributed by atoms with Crippen LogP contribution in [0.5, 0.6) is 5.75 Å². The van der Waals surface area contributed by atoms with Crippen LogP contribution in [0.1, 0.15) is 48.7 Å². The van der Waals surface area contributed by atoms with E-state index in [2.05, 4.69) is 26.1 Å². The number of amides is 2. The van der Waals surface area contributed by atoms with E-state index in [1.807, 2.05) is 18.7 Å². The largest absolute Gasteiger partial charge is 0.434 e. The van der Waals surface area contributed by atoms with Crippen LogP contribution < -0.4 is 20.8 Å². The first-order valence-corrected chi connectivity index (χ1v) is 15.2. The lowest BCUT2D eigenvalue weighted by atomic mass is 9.94. The van der Waals surface area contributed by atoms with E-state index in [0.29, 0.717) is 42.0 Å². The molecule has 11 nitrogen and oxygen atoms in total. The Bertz CT molecular complexity index is 1520. The number of likely N-dealkylation sites (tertiary alicyclic amines) is 1. The van der Waals surface area contributed by atoms with Crippen molar-refractivity contribution in [3.05, 3.63) is 65.9 Å². The highest BCUT2D eigenvalue weighted by atomic mass is 32.2. The molecule has 2 fully saturated rings. The summed E-state index contributed by atoms with van der Waals surface area (Å²) in [5.74, 6) is -0.122. The Morgan fingerprint density at radius 2 is 2.12 bits per heavy atom. The molecule has 0 radical (unpaired) electrons. The maximum absolute atomic E-state index is 13.5. The number of nitrogens with one attached hydrogen (secondary N) is 3. The molecule has 3 aliphatic heterocycles. The number of benzene rings is 1. The van der Waals surface area contributed by atoms with Crippen molar-refractivity contribution < 1.29 is 23.1 Å². The molecule has 43 heavy (non-hydrogen) atoms. The lowest BCUT2D eigenvalue weighted by molar-refractivity contribution is -0.131. The SMILES string of the molecule is CC(C)Sc1ccc(OC(F)F)c(C2NN(CC(=O)N3CC4CCCNC4C3)C=C2NC(=O)c2cnn3cccnc23)c1. The van der Waals surface area contributed by atoms with Crippen LogP contribution in [0.4, 0.5) is 8.78 Å². The number of hydrazine groups is 1. The molecule has 0 aliphatic carbocycles. The lowest BCUT2D eigenvalue weighted by Gasteiger charge is -2.25. The second kappa shape index (κ2) is 12.5. The Morgan fingerprint density at radius 1 is 1.26 bits per heavy atom. The Labute approximate surface area is 252 Å². The molecule has 1 aromatic carbocycles. The molecule has 14 heteroatoms. The van der Waals surface area contributed by atoms with Crippen molar-refractivity contribution >= 4 is 29.2 Å². The topological polar surface area (TPSA) is 116 Å². The van der Waals surface area contributed by atoms with Crippen LogP contribution in [0.3, 0.4) is 0 Å². The van der Waals surface area contributed by atoms with Gasteiger partial charge in [0.25, 0.3) is 5.91 Å². The van der Waals surface area contributed by atoms with E-state index in [1.54, 1.807) is 53.6 Å². The predicted octanol–water partition coefficient (Wildman–Crippen LogP) is 3.17. The summed E-state index contributed by atoms with van der Waals surface area (Å²) in [7, 11) is 0. The first-order chi connectivity index (χ1) is 20.7. The van der Waals surface area contributed by atoms with Crippen molar-refractivity contribution in [2.75, 3.05) is 26.2 Å². The molecular formula is C29H34F2N8O3S. The van der Waals surface area contributed by atoms with Crippen molar-refractivity contribution in [3.63, 3.8) is 0 Å². The van der Waals surface area contributed by atoms with Crippen molar-refractivity contribution in [3.8, 4) is 5.75 Å². The fourth-order valence-electron chi connectivity index (χ4n) is 5.93. The highest BCUT2D eigenvalue weighted by Crippen LogP contribution is 2.37. The van der Waals surface area contributed by atoms with E-state index in [1.165, 1.54) is 16.8 Å². The van der Waals surface area contributed by atoms with Gasteiger partial charge in [-0.2, -0.15) is 13.9 Å². The Morgan fingerprint density at radius 3 is 2.91 bits per heavy atom. The molecule has 2 amide bonds. The quantitative estimate of drug-likeness (QED) is 0.314. The zero-order valence-electron chi connectivity index (χ0n) is 23.9. The van der Waals surface area contributed by atoms with Crippen LogP contribution in [0, 0.1) is 5.92 Å². The van der Waals surface area contributed by atoms with Gasteiger partial charge in [0.05, 0.1) is 17.9 Å². The molecule has 2 aromatic heterocycles. The smallest absolute Gasteiger partial charge is 0.387 e. The number of piperidine rings is 1. The standard InChI is InChI=1S/C29H34F2N8O3S/c1-17(2)43-19-6-7-24(42-29(30)31)20(11-19)26-23(35-28(41)21-12-34-39-10-4-9-33-27(21)39)15-38(36-26)16-25(40)37-13-18-5-3-8-32-22(18)14-37/h4,6-7,9-12,15,17-18,22,26,29,32,36H,3,5,8,13-14,16H2,1-2H3,(H,35,41). The first kappa shape index (κ1) is 29.3. The third kappa shape index (κ3) is 6.45. The third-order valence-electron chi connectivity index (χ3n) is 7.82. The molecule has 2 saturated heterocycles. The van der Waals surface area contributed by atoms with E-state index < -0.39 is 18.6 Å². The number of hydrogen-bond donors (Lipinski definition) is 3. The Kier molecular flexibility index (Phi) is 8.50. The number of nitrogens with zero attached hydrogens (tertiary/aromatic N) is 5. The van der Waals surface area contributed by atoms with Crippen LogP contribution in [-0.2, 0) is 4.79 Å². The van der Waals surface area contributed by atoms with Gasteiger partial charge in [0.2, 0.25) is 5.91 Å². The van der Waals surface area contributed by atoms with Crippen molar-refractivity contribution in [1.82, 2.24) is 40.6 Å². The highest BCUT2D eigenvalue weighted by Gasteiger charge is 2.38. The van der Waals surface area contributed by atoms with E-state index in [9.17, 15) is 18.4 Å². The van der Waals surface area contributed by atoms with E-state index in [-0.39, 0.29) is 29.0 Å². The number of thioether (sulfide) groups is 1. The molecule has 0 saturated carbocycles. The number of rotatable bonds is 9. The van der Waals surface area contributed by atoms with Gasteiger partial charge in [-0.1, -0.05) is 13.8 Å². The number of halogens is 2. The molecule has 5 heterocycles. The minimum absolute atomic E-state index is 0.000939. The van der Waals surface area contributed by atoms with Gasteiger partial charge < -0.3 is 25.3 Å². The number of fused-ring (bicyclic) bond motifs is 2. The average Bonchev–Trinajstić information content (AvgIpc) is 3.70. The zero-order valence-corrected chi connectivity index (χ0v) is 24.7. The fraction of sp³-hybridized carbons (Fsp3) is 0.448. The van der Waals surface area contributed by atoms with Gasteiger partial charge in [-0.25, -0.2) is 14.9 Å². The predicted molar refractivity (Wildman–Crippen MR) is 156 cm³/mol. The first-order valence-electron chi connectivity index (χ1n) is 14.4. The van der Waals surface area contributed by atoms with E-state index >= 15 is 0 Å². The summed E-state index contributed by atoms with van der Waals surface area (Å²) in [6, 6.07) is 6.24. The molecule has 3 aliphatic rings. The van der Waals surface area contributed by atoms with E-state index in [0.717, 1.165) is 24.3 Å². The Balaban J connectivity index is 1.29. The summed E-state index contributed by atoms with van der Waals surface area (Å²) in [4.78, 5) is 33.9. The molecule has 0 spiro atoms. The van der Waals surface area contributed by atoms with Crippen LogP contribution >= 0.6 is 11.8 Å². The van der Waals surface area contributed by atoms with Gasteiger partial charge >= 0.3 is 6.61 Å². The van der Waals surface area contributed by atoms with Gasteiger partial charge in [-0.3, -0.25) is 9.59 Å². The van der Waals surface area contributed by atoms with Gasteiger partial charge in [-0.05, 0) is 49.6 Å². The summed E-state index contributed by atoms with van der Waals surface area (Å²) < 4.78 is 33.3. The number of carbonyl (C=O) groups is 2. The zero-order chi connectivity index (χ0) is 30.1. The maximum Gasteiger partial charge on any atom is 0.387 e. The van der Waals surface area contributed by atoms with Gasteiger partial charge in [0.1, 0.15) is 17.9 Å². The molecular weight excluding hydrogens is 578 g/mol. The number of carbonyl (C=O) groups excluding carboxylic acids is 2. The van der Waals surface area contributed by atoms with Gasteiger partial charge in [-0.15, -0.1) is 11.8 Å². The lowest BCUT2D eigenvalue weighted by Crippen LogP contribution is -2.43. The van der Waals surface area contributed by atoms with Gasteiger partial charge in [0.15, 0.2) is 5.65 Å². The van der Waals surface area contributed by atoms with Crippen LogP contribution in [-0.4, -0.2) is 80.4 Å². The van der Waals surface area contributed by atoms with Crippen molar-refractivity contribution in [2.45, 2.75) is 55.5 Å². The monoisotopic (exact) mass is 612 g/mol. The number of aromatic nitrogens is 3. The molecule has 228 valence electrons. The van der Waals surface area contributed by atoms with Crippen LogP contribution in [0.2, 0.25) is 0 Å². The number of hydrogen-bond acceptors (Lipinski definition) is 9. The maximum atomic E-state index is 13.5. The fourth-order valence-corrected chi connectivity index (χ4v) is 6.82. The highest BCUT2D eigenvalue weighted by molar-refractivity contribution is 7.99. The summed E-state index contributed by atoms with van der Waals surface area (Å²) in [5, 5.41) is 12.5. The molecule has 3 atom stereocenters. The number of alkyl halides is 2. The van der Waals surface area contributed by atoms with Gasteiger partial charge in [0, 0.05) is 53.4 Å². The normalized spacial score (nSPS) is 21.9. The number of ether oxygens (including phenoxy) is 1. The minimum atomic E-state index is -3.04. The molecule has 6 rings (SSSR count). The summed E-state index contributed by atoms with van der Waals surface area (Å²) in [6.45, 7) is 3.34. The molecule has 3 N–H and O–H groups in total. The third-order valence-corrected chi connectivity index (χ3v) is 8.82. The van der Waals surface area contributed by atoms with Crippen LogP contribution in [0.25, 0.3) is 5.65 Å². The van der Waals surface area contributed by atoms with Crippen molar-refractivity contribution in [1.29, 1.82) is 0 Å². The summed E-state index contributed by atoms with van der Waals surface area (Å²) >= 11 is 1.57. The minimum Gasteiger partial charge on any atom is -0.434 e. The Hall–Kier alpha value is -3.75. The molecule has 3 unspecified atom stereocenters. The summed E-state index contributed by atoms with van der Waals surface area (Å²) in [6.07, 6.45) is 8.50. The molecule has 0 bridgehead atoms. The van der Waals surface area contributed by atoms with E-state index in [4.69, 9.17) is 4.74 Å². The van der Waals surface area contributed by atoms with Crippen molar-refractivity contribution in [2.24, 2.45) is 5.92 Å². The summed E-state index contributed by atoms with van der Waals surface area (Å²) in [5.41, 5.74) is 4.64. The molecule has 3 aromatic rings.